The SMILES string of the molecule is Cc1cc(C(C(=O)NCc2ccccc2)N(CCCCCCCCCCNC(=O)c2cccc(S(=O)(=O)Nc3cccc4c(Cl)c[nH]c34)c2)C(=O)CCl)no1. The largest absolute Gasteiger partial charge is 0.361 e. The maximum absolute atomic E-state index is 13.4. The Bertz CT molecular complexity index is 2160. The van der Waals surface area contributed by atoms with Gasteiger partial charge in [0.15, 0.2) is 6.04 Å². The monoisotopic (exact) mass is 808 g/mol. The number of hydrogen-bond acceptors (Lipinski definition) is 7. The second-order valence-electron chi connectivity index (χ2n) is 13.3. The second kappa shape index (κ2) is 20.2. The van der Waals surface area contributed by atoms with Crippen molar-refractivity contribution in [1.29, 1.82) is 0 Å². The van der Waals surface area contributed by atoms with Gasteiger partial charge in [-0.25, -0.2) is 8.42 Å². The fourth-order valence-corrected chi connectivity index (χ4v) is 7.77. The highest BCUT2D eigenvalue weighted by atomic mass is 35.5. The number of hydrogen-bond donors (Lipinski definition) is 4. The van der Waals surface area contributed by atoms with E-state index >= 15 is 0 Å². The first-order valence-electron chi connectivity index (χ1n) is 18.3. The average molecular weight is 810 g/mol. The van der Waals surface area contributed by atoms with Crippen molar-refractivity contribution in [2.75, 3.05) is 23.7 Å². The Balaban J connectivity index is 1.00. The van der Waals surface area contributed by atoms with Gasteiger partial charge < -0.3 is 25.0 Å². The summed E-state index contributed by atoms with van der Waals surface area (Å²) in [5, 5.41) is 11.1. The van der Waals surface area contributed by atoms with Crippen molar-refractivity contribution < 1.29 is 27.3 Å². The lowest BCUT2D eigenvalue weighted by atomic mass is 10.1. The van der Waals surface area contributed by atoms with E-state index in [1.165, 1.54) is 17.0 Å². The fourth-order valence-electron chi connectivity index (χ4n) is 6.29. The molecule has 0 fully saturated rings. The molecule has 12 nitrogen and oxygen atoms in total. The van der Waals surface area contributed by atoms with Crippen LogP contribution in [-0.4, -0.2) is 60.1 Å². The molecule has 5 aromatic rings. The van der Waals surface area contributed by atoms with Crippen LogP contribution in [0.1, 0.15) is 84.8 Å². The standard InChI is InChI=1S/C40H46Cl2N6O6S/c1-28-23-35(46-54-28)38(40(51)45-26-29-15-9-8-10-16-29)48(36(49)25-41)22-12-7-5-3-2-4-6-11-21-43-39(50)30-17-13-18-31(24-30)55(52,53)47-34-20-14-19-32-33(42)27-44-37(32)34/h8-10,13-20,23-24,27,38,44,47H,2-7,11-12,21-22,25-26H2,1H3,(H,43,50)(H,45,51). The molecule has 0 bridgehead atoms. The van der Waals surface area contributed by atoms with Crippen molar-refractivity contribution in [1.82, 2.24) is 25.7 Å². The van der Waals surface area contributed by atoms with Crippen LogP contribution in [0.25, 0.3) is 10.9 Å². The molecule has 0 saturated heterocycles. The van der Waals surface area contributed by atoms with Crippen LogP contribution in [0, 0.1) is 6.92 Å². The van der Waals surface area contributed by atoms with Crippen LogP contribution in [0.15, 0.2) is 94.5 Å². The van der Waals surface area contributed by atoms with Gasteiger partial charge in [0, 0.05) is 42.8 Å². The molecule has 0 saturated carbocycles. The number of aromatic nitrogens is 2. The highest BCUT2D eigenvalue weighted by Gasteiger charge is 2.33. The van der Waals surface area contributed by atoms with Gasteiger partial charge in [0.05, 0.1) is 21.1 Å². The Morgan fingerprint density at radius 3 is 2.29 bits per heavy atom. The Hall–Kier alpha value is -4.85. The van der Waals surface area contributed by atoms with Crippen LogP contribution < -0.4 is 15.4 Å². The van der Waals surface area contributed by atoms with Crippen molar-refractivity contribution in [2.24, 2.45) is 0 Å². The second-order valence-corrected chi connectivity index (χ2v) is 15.6. The zero-order chi connectivity index (χ0) is 39.2. The molecule has 0 aliphatic carbocycles. The van der Waals surface area contributed by atoms with E-state index in [0.717, 1.165) is 50.5 Å². The molecule has 292 valence electrons. The van der Waals surface area contributed by atoms with Crippen LogP contribution >= 0.6 is 23.2 Å². The molecular weight excluding hydrogens is 763 g/mol. The number of rotatable bonds is 21. The summed E-state index contributed by atoms with van der Waals surface area (Å²) >= 11 is 12.2. The number of sulfonamides is 1. The van der Waals surface area contributed by atoms with E-state index in [0.29, 0.717) is 59.1 Å². The maximum atomic E-state index is 13.4. The Morgan fingerprint density at radius 2 is 1.58 bits per heavy atom. The zero-order valence-corrected chi connectivity index (χ0v) is 33.0. The van der Waals surface area contributed by atoms with Gasteiger partial charge in [-0.05, 0) is 49.6 Å². The Morgan fingerprint density at radius 1 is 0.873 bits per heavy atom. The number of anilines is 1. The quantitative estimate of drug-likeness (QED) is 0.0432. The van der Waals surface area contributed by atoms with E-state index in [-0.39, 0.29) is 34.1 Å². The number of aryl methyl sites for hydroxylation is 1. The highest BCUT2D eigenvalue weighted by Crippen LogP contribution is 2.30. The third-order valence-electron chi connectivity index (χ3n) is 9.16. The zero-order valence-electron chi connectivity index (χ0n) is 30.7. The predicted octanol–water partition coefficient (Wildman–Crippen LogP) is 7.89. The summed E-state index contributed by atoms with van der Waals surface area (Å²) in [4.78, 5) is 43.7. The van der Waals surface area contributed by atoms with Crippen LogP contribution in [-0.2, 0) is 26.2 Å². The highest BCUT2D eigenvalue weighted by molar-refractivity contribution is 7.92. The summed E-state index contributed by atoms with van der Waals surface area (Å²) < 4.78 is 34.2. The van der Waals surface area contributed by atoms with Gasteiger partial charge in [0.1, 0.15) is 17.3 Å². The molecule has 15 heteroatoms. The summed E-state index contributed by atoms with van der Waals surface area (Å²) in [5.41, 5.74) is 2.47. The lowest BCUT2D eigenvalue weighted by molar-refractivity contribution is -0.139. The molecule has 2 heterocycles. The number of amides is 3. The first-order valence-corrected chi connectivity index (χ1v) is 20.7. The summed E-state index contributed by atoms with van der Waals surface area (Å²) in [7, 11) is -3.97. The van der Waals surface area contributed by atoms with Crippen molar-refractivity contribution >= 4 is 67.5 Å². The third-order valence-corrected chi connectivity index (χ3v) is 11.1. The maximum Gasteiger partial charge on any atom is 0.261 e. The number of fused-ring (bicyclic) bond motifs is 1. The number of carbonyl (C=O) groups excluding carboxylic acids is 3. The topological polar surface area (TPSA) is 166 Å². The van der Waals surface area contributed by atoms with Gasteiger partial charge in [-0.2, -0.15) is 0 Å². The summed E-state index contributed by atoms with van der Waals surface area (Å²) in [6.07, 6.45) is 8.90. The summed E-state index contributed by atoms with van der Waals surface area (Å²) in [6.45, 7) is 2.87. The van der Waals surface area contributed by atoms with Gasteiger partial charge in [0.2, 0.25) is 11.8 Å². The molecule has 5 rings (SSSR count). The van der Waals surface area contributed by atoms with Gasteiger partial charge in [-0.3, -0.25) is 19.1 Å². The van der Waals surface area contributed by atoms with Crippen molar-refractivity contribution in [2.45, 2.75) is 75.8 Å². The number of H-pyrrole nitrogens is 1. The minimum Gasteiger partial charge on any atom is -0.361 e. The van der Waals surface area contributed by atoms with E-state index in [9.17, 15) is 22.8 Å². The minimum absolute atomic E-state index is 0.0256. The normalized spacial score (nSPS) is 12.0. The van der Waals surface area contributed by atoms with Gasteiger partial charge in [-0.1, -0.05) is 104 Å². The van der Waals surface area contributed by atoms with Crippen LogP contribution in [0.2, 0.25) is 5.02 Å². The molecule has 4 N–H and O–H groups in total. The molecule has 3 aromatic carbocycles. The number of benzene rings is 3. The van der Waals surface area contributed by atoms with E-state index in [2.05, 4.69) is 25.5 Å². The number of aromatic amines is 1. The van der Waals surface area contributed by atoms with Crippen molar-refractivity contribution in [3.8, 4) is 0 Å². The molecule has 2 aromatic heterocycles. The van der Waals surface area contributed by atoms with E-state index < -0.39 is 16.1 Å². The van der Waals surface area contributed by atoms with E-state index in [4.69, 9.17) is 27.7 Å². The molecule has 55 heavy (non-hydrogen) atoms. The molecule has 1 atom stereocenters. The van der Waals surface area contributed by atoms with Gasteiger partial charge in [0.25, 0.3) is 15.9 Å². The predicted molar refractivity (Wildman–Crippen MR) is 215 cm³/mol. The number of alkyl halides is 1. The van der Waals surface area contributed by atoms with E-state index in [1.54, 1.807) is 49.5 Å². The van der Waals surface area contributed by atoms with Gasteiger partial charge >= 0.3 is 0 Å². The summed E-state index contributed by atoms with van der Waals surface area (Å²) in [5.74, 6) is -0.760. The molecular formula is C40H46Cl2N6O6S. The molecule has 0 spiro atoms. The van der Waals surface area contributed by atoms with Crippen molar-refractivity contribution in [3.63, 3.8) is 0 Å². The molecule has 3 amide bonds. The lowest BCUT2D eigenvalue weighted by Crippen LogP contribution is -2.44. The number of unbranched alkanes of at least 4 members (excludes halogenated alkanes) is 7. The Kier molecular flexibility index (Phi) is 15.2. The number of carbonyl (C=O) groups is 3. The number of halogens is 2. The number of nitrogens with one attached hydrogen (secondary N) is 4. The minimum atomic E-state index is -3.97. The molecule has 1 unspecified atom stereocenters. The first-order chi connectivity index (χ1) is 26.6. The third kappa shape index (κ3) is 11.6. The van der Waals surface area contributed by atoms with Crippen LogP contribution in [0.4, 0.5) is 5.69 Å². The lowest BCUT2D eigenvalue weighted by Gasteiger charge is -2.29. The number of nitrogens with zero attached hydrogens (tertiary/aromatic N) is 2. The average Bonchev–Trinajstić information content (AvgIpc) is 3.80. The number of para-hydroxylation sites is 1. The summed E-state index contributed by atoms with van der Waals surface area (Å²) in [6, 6.07) is 21.3. The Labute approximate surface area is 331 Å². The smallest absolute Gasteiger partial charge is 0.261 e. The molecule has 0 radical (unpaired) electrons. The fraction of sp³-hybridized carbons (Fsp3) is 0.350. The van der Waals surface area contributed by atoms with Gasteiger partial charge in [-0.15, -0.1) is 11.6 Å². The molecule has 0 aliphatic rings. The van der Waals surface area contributed by atoms with Crippen LogP contribution in [0.3, 0.4) is 0 Å². The van der Waals surface area contributed by atoms with Crippen molar-refractivity contribution in [3.05, 3.63) is 113 Å². The van der Waals surface area contributed by atoms with E-state index in [1.807, 2.05) is 30.3 Å². The molecule has 0 aliphatic heterocycles. The first kappa shape index (κ1) is 41.3. The van der Waals surface area contributed by atoms with Crippen LogP contribution in [0.5, 0.6) is 0 Å².